The first kappa shape index (κ1) is 31.6. The summed E-state index contributed by atoms with van der Waals surface area (Å²) < 4.78 is 51.4. The molecule has 2 bridgehead atoms. The van der Waals surface area contributed by atoms with Gasteiger partial charge in [0.1, 0.15) is 10.8 Å². The molecule has 1 saturated heterocycles. The molecular weight excluding hydrogens is 620 g/mol. The molecule has 1 N–H and O–H groups in total. The van der Waals surface area contributed by atoms with E-state index in [1.165, 1.54) is 0 Å². The van der Waals surface area contributed by atoms with Gasteiger partial charge in [-0.1, -0.05) is 35.9 Å². The van der Waals surface area contributed by atoms with Crippen molar-refractivity contribution < 1.29 is 27.3 Å². The number of hydrogen-bond acceptors (Lipinski definition) is 6. The second-order valence-corrected chi connectivity index (χ2v) is 13.8. The Morgan fingerprint density at radius 2 is 1.87 bits per heavy atom. The molecule has 238 valence electrons. The van der Waals surface area contributed by atoms with Gasteiger partial charge >= 0.3 is 0 Å². The predicted octanol–water partition coefficient (Wildman–Crippen LogP) is 5.78. The average Bonchev–Trinajstić information content (AvgIpc) is 3.87. The standard InChI is InChI=1S/C34H36ClF2N3O4S/c1-20-23(13-14-38-33(20)43-2)17-40(25-9-10-25)34(41)30-26(16-24-18-45(42)19-29(30)39-24)22-7-5-21(6-8-22)4-3-15-44-32-28(37)12-11-27(36)31(32)35/h5-8,11-14,24-25,29,39H,3-4,9-10,15-19H2,1-2H3/t24-,29-,45-/m1/s1. The Morgan fingerprint density at radius 1 is 1.11 bits per heavy atom. The lowest BCUT2D eigenvalue weighted by atomic mass is 9.85. The number of pyridine rings is 1. The molecule has 1 saturated carbocycles. The van der Waals surface area contributed by atoms with E-state index in [1.54, 1.807) is 13.3 Å². The molecule has 0 spiro atoms. The number of rotatable bonds is 11. The number of halogens is 3. The van der Waals surface area contributed by atoms with Crippen LogP contribution in [-0.2, 0) is 28.6 Å². The summed E-state index contributed by atoms with van der Waals surface area (Å²) in [5.41, 5.74) is 5.66. The third kappa shape index (κ3) is 6.93. The Bertz CT molecular complexity index is 1650. The maximum Gasteiger partial charge on any atom is 0.252 e. The van der Waals surface area contributed by atoms with Gasteiger partial charge in [0.15, 0.2) is 11.6 Å². The molecule has 6 rings (SSSR count). The quantitative estimate of drug-likeness (QED) is 0.209. The first-order valence-electron chi connectivity index (χ1n) is 15.2. The number of carbonyl (C=O) groups excluding carboxylic acids is 1. The van der Waals surface area contributed by atoms with Crippen LogP contribution in [-0.4, -0.2) is 63.3 Å². The lowest BCUT2D eigenvalue weighted by molar-refractivity contribution is -0.128. The molecule has 2 fully saturated rings. The smallest absolute Gasteiger partial charge is 0.252 e. The number of amides is 1. The van der Waals surface area contributed by atoms with Gasteiger partial charge < -0.3 is 19.7 Å². The van der Waals surface area contributed by atoms with Crippen LogP contribution in [0, 0.1) is 18.6 Å². The van der Waals surface area contributed by atoms with Crippen molar-refractivity contribution >= 4 is 33.9 Å². The lowest BCUT2D eigenvalue weighted by Gasteiger charge is -2.40. The highest BCUT2D eigenvalue weighted by atomic mass is 35.5. The van der Waals surface area contributed by atoms with E-state index in [1.807, 2.05) is 42.2 Å². The number of carbonyl (C=O) groups is 1. The van der Waals surface area contributed by atoms with Crippen molar-refractivity contribution in [1.82, 2.24) is 15.2 Å². The Hall–Kier alpha value is -3.34. The van der Waals surface area contributed by atoms with Crippen LogP contribution in [0.2, 0.25) is 5.02 Å². The first-order chi connectivity index (χ1) is 21.7. The fourth-order valence-corrected chi connectivity index (χ4v) is 7.89. The fourth-order valence-electron chi connectivity index (χ4n) is 6.25. The van der Waals surface area contributed by atoms with Gasteiger partial charge in [0.25, 0.3) is 5.91 Å². The molecule has 7 nitrogen and oxygen atoms in total. The van der Waals surface area contributed by atoms with Gasteiger partial charge in [0, 0.05) is 64.3 Å². The molecule has 1 aromatic heterocycles. The summed E-state index contributed by atoms with van der Waals surface area (Å²) in [6, 6.07) is 12.0. The summed E-state index contributed by atoms with van der Waals surface area (Å²) in [4.78, 5) is 20.7. The van der Waals surface area contributed by atoms with Gasteiger partial charge in [-0.15, -0.1) is 0 Å². The van der Waals surface area contributed by atoms with Crippen molar-refractivity contribution in [3.05, 3.63) is 93.1 Å². The molecule has 3 aliphatic rings. The second-order valence-electron chi connectivity index (χ2n) is 11.9. The zero-order valence-corrected chi connectivity index (χ0v) is 26.9. The molecule has 0 unspecified atom stereocenters. The molecule has 3 aromatic rings. The number of aromatic nitrogens is 1. The third-order valence-corrected chi connectivity index (χ3v) is 10.6. The maximum atomic E-state index is 14.5. The molecule has 0 radical (unpaired) electrons. The van der Waals surface area contributed by atoms with Gasteiger partial charge in [0.05, 0.1) is 13.7 Å². The lowest BCUT2D eigenvalue weighted by Crippen LogP contribution is -2.56. The minimum Gasteiger partial charge on any atom is -0.489 e. The van der Waals surface area contributed by atoms with E-state index in [-0.39, 0.29) is 41.4 Å². The van der Waals surface area contributed by atoms with E-state index in [0.29, 0.717) is 48.8 Å². The molecular formula is C34H36ClF2N3O4S. The van der Waals surface area contributed by atoms with E-state index in [2.05, 4.69) is 10.3 Å². The Balaban J connectivity index is 1.22. The number of nitrogens with zero attached hydrogens (tertiary/aromatic N) is 2. The first-order valence-corrected chi connectivity index (χ1v) is 17.1. The zero-order chi connectivity index (χ0) is 31.7. The highest BCUT2D eigenvalue weighted by molar-refractivity contribution is 7.85. The average molecular weight is 656 g/mol. The largest absolute Gasteiger partial charge is 0.489 e. The van der Waals surface area contributed by atoms with Crippen molar-refractivity contribution in [2.75, 3.05) is 25.2 Å². The molecule has 2 aliphatic heterocycles. The summed E-state index contributed by atoms with van der Waals surface area (Å²) >= 11 is 5.86. The minimum atomic E-state index is -0.995. The van der Waals surface area contributed by atoms with E-state index < -0.39 is 22.4 Å². The second kappa shape index (κ2) is 13.6. The number of hydrogen-bond donors (Lipinski definition) is 1. The minimum absolute atomic E-state index is 0.0120. The van der Waals surface area contributed by atoms with Gasteiger partial charge in [-0.3, -0.25) is 9.00 Å². The van der Waals surface area contributed by atoms with Crippen LogP contribution in [0.25, 0.3) is 5.57 Å². The van der Waals surface area contributed by atoms with Crippen molar-refractivity contribution in [2.24, 2.45) is 0 Å². The summed E-state index contributed by atoms with van der Waals surface area (Å²) in [5, 5.41) is 3.23. The predicted molar refractivity (Wildman–Crippen MR) is 171 cm³/mol. The monoisotopic (exact) mass is 655 g/mol. The van der Waals surface area contributed by atoms with Crippen LogP contribution in [0.5, 0.6) is 11.6 Å². The molecule has 3 atom stereocenters. The number of aryl methyl sites for hydroxylation is 1. The number of benzene rings is 2. The van der Waals surface area contributed by atoms with Crippen LogP contribution in [0.3, 0.4) is 0 Å². The summed E-state index contributed by atoms with van der Waals surface area (Å²) in [6.45, 7) is 2.59. The number of methoxy groups -OCH3 is 1. The fraction of sp³-hybridized carbons (Fsp3) is 0.412. The van der Waals surface area contributed by atoms with Crippen LogP contribution < -0.4 is 14.8 Å². The summed E-state index contributed by atoms with van der Waals surface area (Å²) in [5.74, 6) is -0.174. The van der Waals surface area contributed by atoms with E-state index >= 15 is 0 Å². The zero-order valence-electron chi connectivity index (χ0n) is 25.3. The SMILES string of the molecule is COc1nccc(CN(C(=O)C2=C(c3ccc(CCCOc4c(F)ccc(F)c4Cl)cc3)C[C@@H]3C[S@@](=O)C[C@H]2N3)C2CC2)c1C. The van der Waals surface area contributed by atoms with Crippen molar-refractivity contribution in [3.63, 3.8) is 0 Å². The summed E-state index contributed by atoms with van der Waals surface area (Å²) in [6.07, 6.45) is 5.48. The number of fused-ring (bicyclic) bond motifs is 2. The molecule has 1 amide bonds. The maximum absolute atomic E-state index is 14.5. The molecule has 1 aliphatic carbocycles. The van der Waals surface area contributed by atoms with Crippen LogP contribution in [0.15, 0.2) is 54.2 Å². The molecule has 3 heterocycles. The van der Waals surface area contributed by atoms with Gasteiger partial charge in [0.2, 0.25) is 5.88 Å². The molecule has 11 heteroatoms. The topological polar surface area (TPSA) is 80.8 Å². The van der Waals surface area contributed by atoms with E-state index in [0.717, 1.165) is 52.8 Å². The van der Waals surface area contributed by atoms with Crippen LogP contribution in [0.1, 0.15) is 47.9 Å². The number of nitrogens with one attached hydrogen (secondary N) is 1. The molecule has 45 heavy (non-hydrogen) atoms. The van der Waals surface area contributed by atoms with Crippen LogP contribution in [0.4, 0.5) is 8.78 Å². The van der Waals surface area contributed by atoms with Gasteiger partial charge in [-0.25, -0.2) is 13.8 Å². The van der Waals surface area contributed by atoms with E-state index in [9.17, 15) is 17.8 Å². The van der Waals surface area contributed by atoms with Crippen molar-refractivity contribution in [1.29, 1.82) is 0 Å². The van der Waals surface area contributed by atoms with Crippen molar-refractivity contribution in [2.45, 2.75) is 63.7 Å². The molecule has 2 aromatic carbocycles. The van der Waals surface area contributed by atoms with Gasteiger partial charge in [-0.05, 0) is 79.5 Å². The Labute approximate surface area is 269 Å². The van der Waals surface area contributed by atoms with Crippen molar-refractivity contribution in [3.8, 4) is 11.6 Å². The number of ether oxygens (including phenoxy) is 2. The third-order valence-electron chi connectivity index (χ3n) is 8.74. The van der Waals surface area contributed by atoms with Crippen LogP contribution >= 0.6 is 11.6 Å². The Kier molecular flexibility index (Phi) is 9.54. The van der Waals surface area contributed by atoms with Gasteiger partial charge in [-0.2, -0.15) is 0 Å². The summed E-state index contributed by atoms with van der Waals surface area (Å²) in [7, 11) is 0.598. The normalized spacial score (nSPS) is 21.0. The Morgan fingerprint density at radius 3 is 2.60 bits per heavy atom. The van der Waals surface area contributed by atoms with E-state index in [4.69, 9.17) is 21.1 Å². The highest BCUT2D eigenvalue weighted by Gasteiger charge is 2.42. The highest BCUT2D eigenvalue weighted by Crippen LogP contribution is 2.38.